The van der Waals surface area contributed by atoms with Gasteiger partial charge in [0, 0.05) is 17.1 Å². The highest BCUT2D eigenvalue weighted by Crippen LogP contribution is 2.23. The molecule has 1 aromatic carbocycles. The van der Waals surface area contributed by atoms with Crippen LogP contribution in [0.3, 0.4) is 0 Å². The number of hydrogen-bond acceptors (Lipinski definition) is 3. The summed E-state index contributed by atoms with van der Waals surface area (Å²) in [5.41, 5.74) is 1.74. The molecule has 0 unspecified atom stereocenters. The van der Waals surface area contributed by atoms with Crippen LogP contribution < -0.4 is 5.32 Å². The van der Waals surface area contributed by atoms with Crippen LogP contribution in [-0.4, -0.2) is 21.7 Å². The third-order valence-corrected chi connectivity index (χ3v) is 3.99. The molecule has 1 N–H and O–H groups in total. The minimum absolute atomic E-state index is 0.0762. The van der Waals surface area contributed by atoms with Gasteiger partial charge in [-0.3, -0.25) is 4.79 Å². The van der Waals surface area contributed by atoms with Gasteiger partial charge in [0.05, 0.1) is 12.0 Å². The molecule has 3 rings (SSSR count). The number of amides is 1. The Labute approximate surface area is 145 Å². The van der Waals surface area contributed by atoms with Crippen LogP contribution in [0.1, 0.15) is 30.8 Å². The quantitative estimate of drug-likeness (QED) is 0.750. The fraction of sp³-hybridized carbons (Fsp3) is 0.222. The van der Waals surface area contributed by atoms with Crippen molar-refractivity contribution in [2.24, 2.45) is 0 Å². The first-order valence-electron chi connectivity index (χ1n) is 7.79. The lowest BCUT2D eigenvalue weighted by Gasteiger charge is -2.12. The second-order valence-electron chi connectivity index (χ2n) is 5.57. The summed E-state index contributed by atoms with van der Waals surface area (Å²) in [7, 11) is 0. The zero-order valence-electron chi connectivity index (χ0n) is 13.5. The second-order valence-corrected chi connectivity index (χ2v) is 6.00. The Bertz CT molecular complexity index is 840. The normalized spacial score (nSPS) is 12.1. The summed E-state index contributed by atoms with van der Waals surface area (Å²) in [5, 5.41) is 8.07. The van der Waals surface area contributed by atoms with Crippen LogP contribution in [0.2, 0.25) is 5.02 Å². The van der Waals surface area contributed by atoms with E-state index in [0.29, 0.717) is 22.2 Å². The smallest absolute Gasteiger partial charge is 0.270 e. The summed E-state index contributed by atoms with van der Waals surface area (Å²) in [4.78, 5) is 12.6. The van der Waals surface area contributed by atoms with Gasteiger partial charge in [0.15, 0.2) is 5.76 Å². The van der Waals surface area contributed by atoms with Crippen molar-refractivity contribution in [2.45, 2.75) is 26.3 Å². The van der Waals surface area contributed by atoms with Gasteiger partial charge >= 0.3 is 0 Å². The lowest BCUT2D eigenvalue weighted by molar-refractivity contribution is 0.0931. The van der Waals surface area contributed by atoms with Crippen molar-refractivity contribution in [1.82, 2.24) is 15.1 Å². The summed E-state index contributed by atoms with van der Waals surface area (Å²) in [6.45, 7) is 3.99. The van der Waals surface area contributed by atoms with E-state index in [1.54, 1.807) is 41.3 Å². The van der Waals surface area contributed by atoms with Gasteiger partial charge in [-0.1, -0.05) is 24.6 Å². The topological polar surface area (TPSA) is 60.1 Å². The Morgan fingerprint density at radius 1 is 1.33 bits per heavy atom. The number of nitrogens with one attached hydrogen (secondary N) is 1. The van der Waals surface area contributed by atoms with E-state index < -0.39 is 0 Å². The molecular formula is C18H18ClN3O2. The molecule has 0 aliphatic heterocycles. The molecule has 0 spiro atoms. The third kappa shape index (κ3) is 3.36. The van der Waals surface area contributed by atoms with Crippen molar-refractivity contribution in [1.29, 1.82) is 0 Å². The largest absolute Gasteiger partial charge is 0.463 e. The highest BCUT2D eigenvalue weighted by molar-refractivity contribution is 6.30. The Kier molecular flexibility index (Phi) is 4.71. The molecule has 0 bridgehead atoms. The average molecular weight is 344 g/mol. The van der Waals surface area contributed by atoms with Gasteiger partial charge < -0.3 is 9.73 Å². The second kappa shape index (κ2) is 6.93. The molecule has 5 nitrogen and oxygen atoms in total. The predicted octanol–water partition coefficient (Wildman–Crippen LogP) is 4.31. The summed E-state index contributed by atoms with van der Waals surface area (Å²) in [6.07, 6.45) is 2.43. The number of halogens is 1. The number of aromatic nitrogens is 2. The lowest BCUT2D eigenvalue weighted by Crippen LogP contribution is -2.33. The van der Waals surface area contributed by atoms with Crippen molar-refractivity contribution >= 4 is 17.5 Å². The Morgan fingerprint density at radius 2 is 2.17 bits per heavy atom. The maximum Gasteiger partial charge on any atom is 0.270 e. The van der Waals surface area contributed by atoms with Crippen molar-refractivity contribution in [3.05, 3.63) is 59.4 Å². The van der Waals surface area contributed by atoms with E-state index in [0.717, 1.165) is 12.1 Å². The van der Waals surface area contributed by atoms with Crippen molar-refractivity contribution in [3.8, 4) is 17.1 Å². The maximum atomic E-state index is 12.6. The van der Waals surface area contributed by atoms with Gasteiger partial charge in [-0.15, -0.1) is 0 Å². The molecule has 0 aliphatic carbocycles. The zero-order chi connectivity index (χ0) is 17.1. The Balaban J connectivity index is 2.06. The predicted molar refractivity (Wildman–Crippen MR) is 93.5 cm³/mol. The monoisotopic (exact) mass is 343 g/mol. The van der Waals surface area contributed by atoms with Crippen LogP contribution in [0.4, 0.5) is 0 Å². The van der Waals surface area contributed by atoms with Crippen LogP contribution in [0.25, 0.3) is 17.1 Å². The number of hydrogen-bond donors (Lipinski definition) is 1. The third-order valence-electron chi connectivity index (χ3n) is 3.76. The average Bonchev–Trinajstić information content (AvgIpc) is 3.23. The fourth-order valence-electron chi connectivity index (χ4n) is 2.29. The van der Waals surface area contributed by atoms with Crippen LogP contribution in [0, 0.1) is 0 Å². The first-order chi connectivity index (χ1) is 11.6. The molecule has 0 radical (unpaired) electrons. The van der Waals surface area contributed by atoms with Gasteiger partial charge in [0.25, 0.3) is 5.91 Å². The molecule has 6 heteroatoms. The van der Waals surface area contributed by atoms with Crippen LogP contribution >= 0.6 is 11.6 Å². The van der Waals surface area contributed by atoms with E-state index in [1.807, 2.05) is 26.0 Å². The van der Waals surface area contributed by atoms with Crippen LogP contribution in [-0.2, 0) is 0 Å². The molecule has 124 valence electrons. The number of carbonyl (C=O) groups is 1. The van der Waals surface area contributed by atoms with E-state index >= 15 is 0 Å². The van der Waals surface area contributed by atoms with E-state index in [4.69, 9.17) is 16.0 Å². The van der Waals surface area contributed by atoms with E-state index in [2.05, 4.69) is 10.4 Å². The number of furan rings is 1. The van der Waals surface area contributed by atoms with E-state index in [1.165, 1.54) is 0 Å². The fourth-order valence-corrected chi connectivity index (χ4v) is 2.48. The lowest BCUT2D eigenvalue weighted by atomic mass is 10.2. The molecule has 2 heterocycles. The van der Waals surface area contributed by atoms with Crippen LogP contribution in [0.15, 0.2) is 53.1 Å². The molecule has 1 amide bonds. The Hall–Kier alpha value is -2.53. The standard InChI is InChI=1S/C18H18ClN3O2/c1-3-12(2)20-18(23)16-11-15(17-8-5-9-24-17)21-22(16)14-7-4-6-13(19)10-14/h4-12H,3H2,1-2H3,(H,20,23)/t12-/m0/s1. The number of rotatable bonds is 5. The summed E-state index contributed by atoms with van der Waals surface area (Å²) in [5.74, 6) is 0.419. The molecule has 0 aliphatic rings. The summed E-state index contributed by atoms with van der Waals surface area (Å²) < 4.78 is 6.98. The number of carbonyl (C=O) groups excluding carboxylic acids is 1. The van der Waals surface area contributed by atoms with Crippen molar-refractivity contribution in [3.63, 3.8) is 0 Å². The minimum atomic E-state index is -0.186. The SMILES string of the molecule is CC[C@H](C)NC(=O)c1cc(-c2ccco2)nn1-c1cccc(Cl)c1. The number of nitrogens with zero attached hydrogens (tertiary/aromatic N) is 2. The van der Waals surface area contributed by atoms with E-state index in [-0.39, 0.29) is 11.9 Å². The highest BCUT2D eigenvalue weighted by Gasteiger charge is 2.19. The van der Waals surface area contributed by atoms with Crippen molar-refractivity contribution < 1.29 is 9.21 Å². The molecule has 0 saturated carbocycles. The molecule has 24 heavy (non-hydrogen) atoms. The summed E-state index contributed by atoms with van der Waals surface area (Å²) >= 11 is 6.08. The molecular weight excluding hydrogens is 326 g/mol. The molecule has 1 atom stereocenters. The van der Waals surface area contributed by atoms with Crippen molar-refractivity contribution in [2.75, 3.05) is 0 Å². The van der Waals surface area contributed by atoms with Gasteiger partial charge in [0.2, 0.25) is 0 Å². The highest BCUT2D eigenvalue weighted by atomic mass is 35.5. The molecule has 3 aromatic rings. The minimum Gasteiger partial charge on any atom is -0.463 e. The molecule has 0 fully saturated rings. The maximum absolute atomic E-state index is 12.6. The zero-order valence-corrected chi connectivity index (χ0v) is 14.2. The van der Waals surface area contributed by atoms with Gasteiger partial charge in [-0.2, -0.15) is 5.10 Å². The van der Waals surface area contributed by atoms with Crippen LogP contribution in [0.5, 0.6) is 0 Å². The molecule has 2 aromatic heterocycles. The Morgan fingerprint density at radius 3 is 2.83 bits per heavy atom. The summed E-state index contributed by atoms with van der Waals surface area (Å²) in [6, 6.07) is 12.6. The van der Waals surface area contributed by atoms with E-state index in [9.17, 15) is 4.79 Å². The number of benzene rings is 1. The molecule has 0 saturated heterocycles. The van der Waals surface area contributed by atoms with Gasteiger partial charge in [-0.05, 0) is 43.7 Å². The van der Waals surface area contributed by atoms with Gasteiger partial charge in [-0.25, -0.2) is 4.68 Å². The first kappa shape index (κ1) is 16.3. The van der Waals surface area contributed by atoms with Gasteiger partial charge in [0.1, 0.15) is 11.4 Å². The first-order valence-corrected chi connectivity index (χ1v) is 8.17.